The summed E-state index contributed by atoms with van der Waals surface area (Å²) < 4.78 is 1.84. The highest BCUT2D eigenvalue weighted by atomic mass is 16.2. The molecule has 3 heterocycles. The number of carbonyl (C=O) groups is 1. The third-order valence-corrected chi connectivity index (χ3v) is 4.82. The van der Waals surface area contributed by atoms with Gasteiger partial charge in [0, 0.05) is 18.8 Å². The van der Waals surface area contributed by atoms with Crippen molar-refractivity contribution in [2.75, 3.05) is 13.1 Å². The second-order valence-electron chi connectivity index (χ2n) is 6.70. The van der Waals surface area contributed by atoms with E-state index >= 15 is 0 Å². The molecular weight excluding hydrogens is 312 g/mol. The quantitative estimate of drug-likeness (QED) is 0.718. The summed E-state index contributed by atoms with van der Waals surface area (Å²) in [5.74, 6) is 0.103. The molecule has 0 unspecified atom stereocenters. The van der Waals surface area contributed by atoms with Gasteiger partial charge in [-0.1, -0.05) is 18.2 Å². The third-order valence-electron chi connectivity index (χ3n) is 4.82. The van der Waals surface area contributed by atoms with Crippen LogP contribution < -0.4 is 0 Å². The van der Waals surface area contributed by atoms with Gasteiger partial charge < -0.3 is 4.90 Å². The maximum absolute atomic E-state index is 13.1. The number of hydrogen-bond acceptors (Lipinski definition) is 3. The predicted molar refractivity (Wildman–Crippen MR) is 98.1 cm³/mol. The summed E-state index contributed by atoms with van der Waals surface area (Å²) >= 11 is 0. The van der Waals surface area contributed by atoms with E-state index in [1.165, 1.54) is 6.42 Å². The van der Waals surface area contributed by atoms with Crippen LogP contribution in [0, 0.1) is 13.8 Å². The van der Waals surface area contributed by atoms with Crippen LogP contribution in [0.2, 0.25) is 0 Å². The van der Waals surface area contributed by atoms with E-state index in [1.807, 2.05) is 59.8 Å². The molecule has 5 nitrogen and oxygen atoms in total. The van der Waals surface area contributed by atoms with Gasteiger partial charge in [0.25, 0.3) is 5.91 Å². The smallest absolute Gasteiger partial charge is 0.254 e. The van der Waals surface area contributed by atoms with Gasteiger partial charge in [0.05, 0.1) is 22.3 Å². The Morgan fingerprint density at radius 2 is 1.76 bits per heavy atom. The van der Waals surface area contributed by atoms with Crippen molar-refractivity contribution in [3.8, 4) is 5.69 Å². The Labute approximate surface area is 147 Å². The number of likely N-dealkylation sites (tertiary alicyclic amines) is 1. The average molecular weight is 334 g/mol. The summed E-state index contributed by atoms with van der Waals surface area (Å²) in [7, 11) is 0. The minimum Gasteiger partial charge on any atom is -0.339 e. The van der Waals surface area contributed by atoms with Gasteiger partial charge in [0.15, 0.2) is 5.65 Å². The van der Waals surface area contributed by atoms with Gasteiger partial charge in [-0.15, -0.1) is 0 Å². The van der Waals surface area contributed by atoms with Crippen LogP contribution in [0.15, 0.2) is 36.4 Å². The van der Waals surface area contributed by atoms with Crippen LogP contribution in [0.5, 0.6) is 0 Å². The Morgan fingerprint density at radius 3 is 2.48 bits per heavy atom. The molecule has 1 amide bonds. The van der Waals surface area contributed by atoms with E-state index in [0.717, 1.165) is 59.6 Å². The highest BCUT2D eigenvalue weighted by Crippen LogP contribution is 2.26. The lowest BCUT2D eigenvalue weighted by Crippen LogP contribution is -2.35. The van der Waals surface area contributed by atoms with Gasteiger partial charge >= 0.3 is 0 Å². The number of pyridine rings is 1. The summed E-state index contributed by atoms with van der Waals surface area (Å²) in [6.07, 6.45) is 3.38. The number of benzene rings is 1. The Kier molecular flexibility index (Phi) is 3.99. The summed E-state index contributed by atoms with van der Waals surface area (Å²) in [5.41, 5.74) is 4.11. The van der Waals surface area contributed by atoms with Crippen molar-refractivity contribution in [2.45, 2.75) is 33.1 Å². The van der Waals surface area contributed by atoms with Gasteiger partial charge in [-0.25, -0.2) is 9.67 Å². The largest absolute Gasteiger partial charge is 0.339 e. The number of fused-ring (bicyclic) bond motifs is 1. The van der Waals surface area contributed by atoms with Crippen molar-refractivity contribution < 1.29 is 4.79 Å². The highest BCUT2D eigenvalue weighted by Gasteiger charge is 2.24. The van der Waals surface area contributed by atoms with Crippen LogP contribution >= 0.6 is 0 Å². The van der Waals surface area contributed by atoms with Crippen LogP contribution in [0.3, 0.4) is 0 Å². The number of hydrogen-bond donors (Lipinski definition) is 0. The summed E-state index contributed by atoms with van der Waals surface area (Å²) in [4.78, 5) is 19.8. The van der Waals surface area contributed by atoms with Gasteiger partial charge in [0.1, 0.15) is 0 Å². The van der Waals surface area contributed by atoms with Crippen molar-refractivity contribution in [3.05, 3.63) is 53.3 Å². The van der Waals surface area contributed by atoms with Crippen molar-refractivity contribution in [3.63, 3.8) is 0 Å². The molecule has 0 atom stereocenters. The number of carbonyl (C=O) groups excluding carboxylic acids is 1. The maximum Gasteiger partial charge on any atom is 0.254 e. The summed E-state index contributed by atoms with van der Waals surface area (Å²) in [5, 5.41) is 5.54. The normalized spacial score (nSPS) is 14.9. The van der Waals surface area contributed by atoms with E-state index in [0.29, 0.717) is 0 Å². The number of aromatic nitrogens is 3. The minimum absolute atomic E-state index is 0.103. The number of aryl methyl sites for hydroxylation is 2. The second kappa shape index (κ2) is 6.31. The zero-order chi connectivity index (χ0) is 17.4. The Balaban J connectivity index is 1.88. The standard InChI is InChI=1S/C20H22N4O/c1-14-13-17(20(25)23-11-7-4-8-12-23)18-15(2)22-24(19(18)21-14)16-9-5-3-6-10-16/h3,5-6,9-10,13H,4,7-8,11-12H2,1-2H3. The lowest BCUT2D eigenvalue weighted by molar-refractivity contribution is 0.0726. The Hall–Kier alpha value is -2.69. The molecule has 3 aromatic rings. The fraction of sp³-hybridized carbons (Fsp3) is 0.350. The number of para-hydroxylation sites is 1. The third kappa shape index (κ3) is 2.80. The predicted octanol–water partition coefficient (Wildman–Crippen LogP) is 3.66. The molecule has 1 aliphatic heterocycles. The van der Waals surface area contributed by atoms with Crippen molar-refractivity contribution in [1.29, 1.82) is 0 Å². The first-order valence-electron chi connectivity index (χ1n) is 8.87. The molecule has 128 valence electrons. The molecule has 1 aromatic carbocycles. The summed E-state index contributed by atoms with van der Waals surface area (Å²) in [6, 6.07) is 11.8. The molecule has 1 saturated heterocycles. The molecule has 4 rings (SSSR count). The monoisotopic (exact) mass is 334 g/mol. The molecule has 0 bridgehead atoms. The first-order chi connectivity index (χ1) is 12.1. The number of amides is 1. The molecule has 0 saturated carbocycles. The van der Waals surface area contributed by atoms with Gasteiger partial charge in [-0.2, -0.15) is 5.10 Å². The van der Waals surface area contributed by atoms with Crippen LogP contribution in [0.1, 0.15) is 41.0 Å². The Morgan fingerprint density at radius 1 is 1.04 bits per heavy atom. The minimum atomic E-state index is 0.103. The molecule has 0 N–H and O–H groups in total. The Bertz CT molecular complexity index is 924. The number of nitrogens with zero attached hydrogens (tertiary/aromatic N) is 4. The number of piperidine rings is 1. The van der Waals surface area contributed by atoms with E-state index < -0.39 is 0 Å². The lowest BCUT2D eigenvalue weighted by Gasteiger charge is -2.27. The zero-order valence-electron chi connectivity index (χ0n) is 14.7. The highest BCUT2D eigenvalue weighted by molar-refractivity contribution is 6.06. The van der Waals surface area contributed by atoms with Crippen molar-refractivity contribution in [2.24, 2.45) is 0 Å². The van der Waals surface area contributed by atoms with Crippen LogP contribution in [-0.2, 0) is 0 Å². The molecule has 5 heteroatoms. The molecule has 2 aromatic heterocycles. The fourth-order valence-electron chi connectivity index (χ4n) is 3.60. The van der Waals surface area contributed by atoms with Gasteiger partial charge in [0.2, 0.25) is 0 Å². The summed E-state index contributed by atoms with van der Waals surface area (Å²) in [6.45, 7) is 5.57. The topological polar surface area (TPSA) is 51.0 Å². The van der Waals surface area contributed by atoms with Crippen molar-refractivity contribution >= 4 is 16.9 Å². The van der Waals surface area contributed by atoms with Crippen molar-refractivity contribution in [1.82, 2.24) is 19.7 Å². The first-order valence-corrected chi connectivity index (χ1v) is 8.87. The van der Waals surface area contributed by atoms with Gasteiger partial charge in [-0.3, -0.25) is 4.79 Å². The SMILES string of the molecule is Cc1cc(C(=O)N2CCCCC2)c2c(C)nn(-c3ccccc3)c2n1. The average Bonchev–Trinajstić information content (AvgIpc) is 2.98. The maximum atomic E-state index is 13.1. The number of rotatable bonds is 2. The molecule has 1 aliphatic rings. The van der Waals surface area contributed by atoms with Crippen LogP contribution in [0.25, 0.3) is 16.7 Å². The van der Waals surface area contributed by atoms with E-state index in [1.54, 1.807) is 0 Å². The van der Waals surface area contributed by atoms with Gasteiger partial charge in [-0.05, 0) is 51.3 Å². The molecule has 25 heavy (non-hydrogen) atoms. The van der Waals surface area contributed by atoms with E-state index in [9.17, 15) is 4.79 Å². The second-order valence-corrected chi connectivity index (χ2v) is 6.70. The first kappa shape index (κ1) is 15.8. The van der Waals surface area contributed by atoms with E-state index in [-0.39, 0.29) is 5.91 Å². The molecule has 0 aliphatic carbocycles. The lowest BCUT2D eigenvalue weighted by atomic mass is 10.1. The molecule has 0 radical (unpaired) electrons. The van der Waals surface area contributed by atoms with E-state index in [2.05, 4.69) is 5.10 Å². The molecule has 0 spiro atoms. The molecule has 1 fully saturated rings. The zero-order valence-corrected chi connectivity index (χ0v) is 14.7. The van der Waals surface area contributed by atoms with Crippen LogP contribution in [0.4, 0.5) is 0 Å². The van der Waals surface area contributed by atoms with E-state index in [4.69, 9.17) is 4.98 Å². The molecular formula is C20H22N4O. The van der Waals surface area contributed by atoms with Crippen LogP contribution in [-0.4, -0.2) is 38.7 Å². The fourth-order valence-corrected chi connectivity index (χ4v) is 3.60.